The van der Waals surface area contributed by atoms with Crippen molar-refractivity contribution >= 4 is 17.8 Å². The predicted octanol–water partition coefficient (Wildman–Crippen LogP) is 0.367. The van der Waals surface area contributed by atoms with Crippen molar-refractivity contribution in [3.05, 3.63) is 34.9 Å². The third kappa shape index (κ3) is 2.11. The van der Waals surface area contributed by atoms with Gasteiger partial charge in [-0.25, -0.2) is 9.59 Å². The first kappa shape index (κ1) is 10.7. The van der Waals surface area contributed by atoms with Crippen LogP contribution in [0.25, 0.3) is 0 Å². The number of amidine groups is 1. The molecule has 1 rings (SSSR count). The fourth-order valence-electron chi connectivity index (χ4n) is 1.09. The zero-order valence-corrected chi connectivity index (χ0v) is 7.52. The number of hydrogen-bond acceptors (Lipinski definition) is 3. The van der Waals surface area contributed by atoms with E-state index in [9.17, 15) is 9.59 Å². The average molecular weight is 208 g/mol. The highest BCUT2D eigenvalue weighted by atomic mass is 16.4. The zero-order chi connectivity index (χ0) is 11.6. The Morgan fingerprint density at radius 1 is 1.13 bits per heavy atom. The molecule has 0 saturated carbocycles. The molecule has 1 aromatic rings. The van der Waals surface area contributed by atoms with Crippen LogP contribution >= 0.6 is 0 Å². The lowest BCUT2D eigenvalue weighted by Gasteiger charge is -2.04. The average Bonchev–Trinajstić information content (AvgIpc) is 2.16. The summed E-state index contributed by atoms with van der Waals surface area (Å²) < 4.78 is 0. The summed E-state index contributed by atoms with van der Waals surface area (Å²) in [4.78, 5) is 21.3. The van der Waals surface area contributed by atoms with Crippen LogP contribution in [0.15, 0.2) is 18.2 Å². The van der Waals surface area contributed by atoms with Crippen LogP contribution in [0.1, 0.15) is 26.3 Å². The second kappa shape index (κ2) is 3.79. The highest BCUT2D eigenvalue weighted by Crippen LogP contribution is 2.12. The normalized spacial score (nSPS) is 9.60. The number of aromatic carboxylic acids is 2. The van der Waals surface area contributed by atoms with Crippen molar-refractivity contribution in [1.82, 2.24) is 0 Å². The van der Waals surface area contributed by atoms with E-state index >= 15 is 0 Å². The molecule has 0 saturated heterocycles. The topological polar surface area (TPSA) is 124 Å². The molecule has 0 unspecified atom stereocenters. The third-order valence-electron chi connectivity index (χ3n) is 1.79. The van der Waals surface area contributed by atoms with Crippen LogP contribution in [0.3, 0.4) is 0 Å². The molecular weight excluding hydrogens is 200 g/mol. The number of nitrogens with one attached hydrogen (secondary N) is 1. The van der Waals surface area contributed by atoms with Crippen LogP contribution in [-0.2, 0) is 0 Å². The molecule has 0 aromatic heterocycles. The summed E-state index contributed by atoms with van der Waals surface area (Å²) in [5, 5.41) is 24.5. The van der Waals surface area contributed by atoms with E-state index < -0.39 is 17.8 Å². The standard InChI is InChI=1S/C9H8N2O4/c10-7(11)5-2-1-4(8(12)13)3-6(5)9(14)15/h1-3H,(H3,10,11)(H,12,13)(H,14,15). The van der Waals surface area contributed by atoms with Crippen molar-refractivity contribution in [3.63, 3.8) is 0 Å². The summed E-state index contributed by atoms with van der Waals surface area (Å²) >= 11 is 0. The van der Waals surface area contributed by atoms with Gasteiger partial charge in [0.15, 0.2) is 0 Å². The molecule has 0 aliphatic carbocycles. The highest BCUT2D eigenvalue weighted by molar-refractivity contribution is 6.06. The van der Waals surface area contributed by atoms with Crippen LogP contribution in [0.2, 0.25) is 0 Å². The lowest BCUT2D eigenvalue weighted by Crippen LogP contribution is -2.17. The first-order valence-corrected chi connectivity index (χ1v) is 3.88. The van der Waals surface area contributed by atoms with E-state index in [0.717, 1.165) is 6.07 Å². The molecule has 6 nitrogen and oxygen atoms in total. The second-order valence-electron chi connectivity index (χ2n) is 2.78. The minimum Gasteiger partial charge on any atom is -0.478 e. The van der Waals surface area contributed by atoms with E-state index in [-0.39, 0.29) is 16.7 Å². The Bertz CT molecular complexity index is 453. The van der Waals surface area contributed by atoms with E-state index in [0.29, 0.717) is 0 Å². The fourth-order valence-corrected chi connectivity index (χ4v) is 1.09. The summed E-state index contributed by atoms with van der Waals surface area (Å²) in [7, 11) is 0. The van der Waals surface area contributed by atoms with Gasteiger partial charge in [-0.1, -0.05) is 0 Å². The Morgan fingerprint density at radius 3 is 2.13 bits per heavy atom. The van der Waals surface area contributed by atoms with Crippen molar-refractivity contribution in [2.75, 3.05) is 0 Å². The van der Waals surface area contributed by atoms with Gasteiger partial charge in [0.05, 0.1) is 11.1 Å². The minimum atomic E-state index is -1.32. The Kier molecular flexibility index (Phi) is 2.70. The molecule has 0 spiro atoms. The van der Waals surface area contributed by atoms with Gasteiger partial charge in [-0.3, -0.25) is 5.41 Å². The maximum Gasteiger partial charge on any atom is 0.336 e. The van der Waals surface area contributed by atoms with E-state index in [1.165, 1.54) is 12.1 Å². The van der Waals surface area contributed by atoms with E-state index in [4.69, 9.17) is 21.4 Å². The van der Waals surface area contributed by atoms with Gasteiger partial charge in [-0.05, 0) is 18.2 Å². The Hall–Kier alpha value is -2.37. The smallest absolute Gasteiger partial charge is 0.336 e. The molecule has 1 aromatic carbocycles. The number of nitrogens with two attached hydrogens (primary N) is 1. The van der Waals surface area contributed by atoms with Gasteiger partial charge in [0, 0.05) is 5.56 Å². The van der Waals surface area contributed by atoms with Crippen LogP contribution in [0, 0.1) is 5.41 Å². The van der Waals surface area contributed by atoms with Gasteiger partial charge in [-0.2, -0.15) is 0 Å². The number of carboxylic acid groups (broad SMARTS) is 2. The molecule has 5 N–H and O–H groups in total. The third-order valence-corrected chi connectivity index (χ3v) is 1.79. The summed E-state index contributed by atoms with van der Waals surface area (Å²) in [5.41, 5.74) is 4.71. The first-order valence-electron chi connectivity index (χ1n) is 3.88. The van der Waals surface area contributed by atoms with Crippen LogP contribution in [-0.4, -0.2) is 28.0 Å². The number of carboxylic acids is 2. The van der Waals surface area contributed by atoms with Crippen molar-refractivity contribution in [3.8, 4) is 0 Å². The molecule has 6 heteroatoms. The first-order chi connectivity index (χ1) is 6.93. The minimum absolute atomic E-state index is 0.00694. The van der Waals surface area contributed by atoms with Crippen molar-refractivity contribution in [2.24, 2.45) is 5.73 Å². The van der Waals surface area contributed by atoms with Crippen LogP contribution in [0.5, 0.6) is 0 Å². The summed E-state index contributed by atoms with van der Waals surface area (Å²) in [6.45, 7) is 0. The number of rotatable bonds is 3. The largest absolute Gasteiger partial charge is 0.478 e. The number of hydrogen-bond donors (Lipinski definition) is 4. The monoisotopic (exact) mass is 208 g/mol. The second-order valence-corrected chi connectivity index (χ2v) is 2.78. The number of nitrogen functional groups attached to an aromatic ring is 1. The molecule has 0 fully saturated rings. The lowest BCUT2D eigenvalue weighted by molar-refractivity contribution is 0.0695. The zero-order valence-electron chi connectivity index (χ0n) is 7.52. The molecule has 0 radical (unpaired) electrons. The summed E-state index contributed by atoms with van der Waals surface area (Å²) in [5.74, 6) is -2.96. The summed E-state index contributed by atoms with van der Waals surface area (Å²) in [6.07, 6.45) is 0. The quantitative estimate of drug-likeness (QED) is 0.421. The van der Waals surface area contributed by atoms with Crippen molar-refractivity contribution < 1.29 is 19.8 Å². The van der Waals surface area contributed by atoms with Gasteiger partial charge in [0.1, 0.15) is 5.84 Å². The van der Waals surface area contributed by atoms with E-state index in [1.54, 1.807) is 0 Å². The molecule has 15 heavy (non-hydrogen) atoms. The van der Waals surface area contributed by atoms with Gasteiger partial charge in [0.2, 0.25) is 0 Å². The predicted molar refractivity (Wildman–Crippen MR) is 51.4 cm³/mol. The molecule has 0 atom stereocenters. The molecular formula is C9H8N2O4. The van der Waals surface area contributed by atoms with Gasteiger partial charge >= 0.3 is 11.9 Å². The van der Waals surface area contributed by atoms with Crippen molar-refractivity contribution in [2.45, 2.75) is 0 Å². The maximum atomic E-state index is 10.8. The van der Waals surface area contributed by atoms with Gasteiger partial charge < -0.3 is 15.9 Å². The van der Waals surface area contributed by atoms with Crippen LogP contribution in [0.4, 0.5) is 0 Å². The van der Waals surface area contributed by atoms with Gasteiger partial charge in [0.25, 0.3) is 0 Å². The van der Waals surface area contributed by atoms with Crippen LogP contribution < -0.4 is 5.73 Å². The Balaban J connectivity index is 3.40. The summed E-state index contributed by atoms with van der Waals surface area (Å²) in [6, 6.07) is 3.38. The molecule has 0 heterocycles. The maximum absolute atomic E-state index is 10.8. The Morgan fingerprint density at radius 2 is 1.73 bits per heavy atom. The SMILES string of the molecule is N=C(N)c1ccc(C(=O)O)cc1C(=O)O. The highest BCUT2D eigenvalue weighted by Gasteiger charge is 2.15. The van der Waals surface area contributed by atoms with E-state index in [2.05, 4.69) is 0 Å². The number of carbonyl (C=O) groups is 2. The molecule has 78 valence electrons. The Labute approximate surface area is 84.5 Å². The van der Waals surface area contributed by atoms with Gasteiger partial charge in [-0.15, -0.1) is 0 Å². The molecule has 0 bridgehead atoms. The van der Waals surface area contributed by atoms with Crippen molar-refractivity contribution in [1.29, 1.82) is 5.41 Å². The molecule has 0 amide bonds. The lowest BCUT2D eigenvalue weighted by atomic mass is 10.0. The van der Waals surface area contributed by atoms with E-state index in [1.807, 2.05) is 0 Å². The fraction of sp³-hybridized carbons (Fsp3) is 0. The molecule has 0 aliphatic rings. The molecule has 0 aliphatic heterocycles. The number of benzene rings is 1.